The molecule has 0 amide bonds. The lowest BCUT2D eigenvalue weighted by Crippen LogP contribution is -2.34. The summed E-state index contributed by atoms with van der Waals surface area (Å²) in [5, 5.41) is 0. The van der Waals surface area contributed by atoms with Crippen molar-refractivity contribution in [3.63, 3.8) is 0 Å². The van der Waals surface area contributed by atoms with Crippen molar-refractivity contribution >= 4 is 21.7 Å². The van der Waals surface area contributed by atoms with E-state index >= 15 is 0 Å². The maximum Gasteiger partial charge on any atom is 0.198 e. The van der Waals surface area contributed by atoms with Crippen molar-refractivity contribution in [1.82, 2.24) is 9.97 Å². The third-order valence-corrected chi connectivity index (χ3v) is 3.47. The molecule has 0 saturated heterocycles. The second-order valence-electron chi connectivity index (χ2n) is 4.18. The van der Waals surface area contributed by atoms with Gasteiger partial charge in [0.1, 0.15) is 6.61 Å². The van der Waals surface area contributed by atoms with Crippen molar-refractivity contribution in [2.45, 2.75) is 6.04 Å². The third kappa shape index (κ3) is 1.95. The Morgan fingerprint density at radius 3 is 2.89 bits per heavy atom. The first kappa shape index (κ1) is 11.5. The van der Waals surface area contributed by atoms with Crippen LogP contribution in [0.1, 0.15) is 11.6 Å². The molecule has 1 unspecified atom stereocenters. The molecule has 1 atom stereocenters. The van der Waals surface area contributed by atoms with Gasteiger partial charge in [0.25, 0.3) is 0 Å². The van der Waals surface area contributed by atoms with Gasteiger partial charge in [-0.3, -0.25) is 0 Å². The Labute approximate surface area is 114 Å². The highest BCUT2D eigenvalue weighted by molar-refractivity contribution is 9.10. The first-order valence-corrected chi connectivity index (χ1v) is 6.48. The van der Waals surface area contributed by atoms with Crippen LogP contribution in [-0.2, 0) is 0 Å². The van der Waals surface area contributed by atoms with E-state index in [2.05, 4.69) is 42.9 Å². The molecular weight excluding hydrogens is 294 g/mol. The first-order chi connectivity index (χ1) is 8.75. The van der Waals surface area contributed by atoms with Crippen LogP contribution in [0.15, 0.2) is 41.3 Å². The molecule has 1 aromatic heterocycles. The molecule has 92 valence electrons. The maximum absolute atomic E-state index is 5.73. The van der Waals surface area contributed by atoms with E-state index < -0.39 is 0 Å². The zero-order valence-electron chi connectivity index (χ0n) is 9.88. The van der Waals surface area contributed by atoms with E-state index in [0.29, 0.717) is 11.3 Å². The summed E-state index contributed by atoms with van der Waals surface area (Å²) in [6, 6.07) is 10.5. The summed E-state index contributed by atoms with van der Waals surface area (Å²) in [5.74, 6) is 1.55. The van der Waals surface area contributed by atoms with E-state index in [4.69, 9.17) is 4.74 Å². The van der Waals surface area contributed by atoms with Gasteiger partial charge in [-0.25, -0.2) is 9.97 Å². The van der Waals surface area contributed by atoms with E-state index in [1.165, 1.54) is 5.56 Å². The largest absolute Gasteiger partial charge is 0.486 e. The summed E-state index contributed by atoms with van der Waals surface area (Å²) in [4.78, 5) is 10.6. The Balaban J connectivity index is 1.99. The molecule has 0 saturated carbocycles. The molecule has 0 N–H and O–H groups in total. The molecule has 0 radical (unpaired) electrons. The molecule has 1 aliphatic rings. The lowest BCUT2D eigenvalue weighted by Gasteiger charge is -2.34. The zero-order valence-corrected chi connectivity index (χ0v) is 11.5. The second kappa shape index (κ2) is 4.57. The average molecular weight is 306 g/mol. The van der Waals surface area contributed by atoms with Gasteiger partial charge in [-0.2, -0.15) is 0 Å². The summed E-state index contributed by atoms with van der Waals surface area (Å²) in [7, 11) is 2.03. The maximum atomic E-state index is 5.73. The quantitative estimate of drug-likeness (QED) is 0.759. The number of ether oxygens (including phenoxy) is 1. The number of nitrogens with zero attached hydrogens (tertiary/aromatic N) is 3. The summed E-state index contributed by atoms with van der Waals surface area (Å²) >= 11 is 3.29. The fourth-order valence-corrected chi connectivity index (χ4v) is 2.39. The van der Waals surface area contributed by atoms with Crippen LogP contribution in [0.3, 0.4) is 0 Å². The molecule has 2 aromatic rings. The summed E-state index contributed by atoms with van der Waals surface area (Å²) in [6.07, 6.45) is 1.70. The van der Waals surface area contributed by atoms with Gasteiger partial charge < -0.3 is 9.64 Å². The highest BCUT2D eigenvalue weighted by Gasteiger charge is 2.27. The van der Waals surface area contributed by atoms with Crippen LogP contribution in [0.25, 0.3) is 0 Å². The Morgan fingerprint density at radius 2 is 2.11 bits per heavy atom. The molecule has 0 aliphatic carbocycles. The van der Waals surface area contributed by atoms with E-state index in [1.807, 2.05) is 25.2 Å². The van der Waals surface area contributed by atoms with Gasteiger partial charge in [-0.1, -0.05) is 30.3 Å². The topological polar surface area (TPSA) is 38.2 Å². The number of benzene rings is 1. The predicted octanol–water partition coefficient (Wildman–Crippen LogP) is 2.81. The third-order valence-electron chi connectivity index (χ3n) is 3.09. The van der Waals surface area contributed by atoms with Gasteiger partial charge in [0, 0.05) is 7.05 Å². The van der Waals surface area contributed by atoms with Crippen LogP contribution < -0.4 is 9.64 Å². The number of rotatable bonds is 1. The summed E-state index contributed by atoms with van der Waals surface area (Å²) < 4.78 is 6.30. The van der Waals surface area contributed by atoms with Gasteiger partial charge >= 0.3 is 0 Å². The van der Waals surface area contributed by atoms with Crippen molar-refractivity contribution in [1.29, 1.82) is 0 Å². The molecule has 4 nitrogen and oxygen atoms in total. The normalized spacial score (nSPS) is 18.1. The summed E-state index contributed by atoms with van der Waals surface area (Å²) in [5.41, 5.74) is 1.22. The number of hydrogen-bond acceptors (Lipinski definition) is 4. The van der Waals surface area contributed by atoms with Gasteiger partial charge in [-0.05, 0) is 21.5 Å². The standard InChI is InChI=1S/C13H12BrN3O/c1-17-10(9-5-3-2-4-6-9)8-18-11-7-15-13(14)16-12(11)17/h2-7,10H,8H2,1H3. The lowest BCUT2D eigenvalue weighted by molar-refractivity contribution is 0.264. The SMILES string of the molecule is CN1c2nc(Br)ncc2OCC1c1ccccc1. The molecule has 0 bridgehead atoms. The second-order valence-corrected chi connectivity index (χ2v) is 4.88. The van der Waals surface area contributed by atoms with E-state index in [1.54, 1.807) is 6.20 Å². The van der Waals surface area contributed by atoms with Crippen LogP contribution in [0.2, 0.25) is 0 Å². The van der Waals surface area contributed by atoms with Crippen LogP contribution >= 0.6 is 15.9 Å². The molecule has 3 rings (SSSR count). The zero-order chi connectivity index (χ0) is 12.5. The van der Waals surface area contributed by atoms with Crippen LogP contribution in [0.4, 0.5) is 5.82 Å². The molecule has 1 aliphatic heterocycles. The van der Waals surface area contributed by atoms with Crippen molar-refractivity contribution in [2.75, 3.05) is 18.6 Å². The van der Waals surface area contributed by atoms with Crippen LogP contribution in [0, 0.1) is 0 Å². The Bertz CT molecular complexity index is 561. The Kier molecular flexibility index (Phi) is 2.91. The predicted molar refractivity (Wildman–Crippen MR) is 72.8 cm³/mol. The fourth-order valence-electron chi connectivity index (χ4n) is 2.12. The van der Waals surface area contributed by atoms with E-state index in [0.717, 1.165) is 11.6 Å². The van der Waals surface area contributed by atoms with E-state index in [-0.39, 0.29) is 6.04 Å². The average Bonchev–Trinajstić information content (AvgIpc) is 2.41. The summed E-state index contributed by atoms with van der Waals surface area (Å²) in [6.45, 7) is 0.610. The minimum Gasteiger partial charge on any atom is -0.486 e. The van der Waals surface area contributed by atoms with Crippen molar-refractivity contribution in [3.8, 4) is 5.75 Å². The van der Waals surface area contributed by atoms with Crippen molar-refractivity contribution in [2.24, 2.45) is 0 Å². The minimum absolute atomic E-state index is 0.181. The molecule has 5 heteroatoms. The molecule has 2 heterocycles. The van der Waals surface area contributed by atoms with Crippen molar-refractivity contribution in [3.05, 3.63) is 46.8 Å². The number of likely N-dealkylation sites (N-methyl/N-ethyl adjacent to an activating group) is 1. The molecule has 0 fully saturated rings. The fraction of sp³-hybridized carbons (Fsp3) is 0.231. The van der Waals surface area contributed by atoms with Crippen LogP contribution in [0.5, 0.6) is 5.75 Å². The molecule has 18 heavy (non-hydrogen) atoms. The number of halogens is 1. The number of aromatic nitrogens is 2. The molecule has 0 spiro atoms. The van der Waals surface area contributed by atoms with Gasteiger partial charge in [0.15, 0.2) is 16.3 Å². The number of hydrogen-bond donors (Lipinski definition) is 0. The van der Waals surface area contributed by atoms with Crippen LogP contribution in [-0.4, -0.2) is 23.6 Å². The number of fused-ring (bicyclic) bond motifs is 1. The van der Waals surface area contributed by atoms with E-state index in [9.17, 15) is 0 Å². The molecule has 1 aromatic carbocycles. The lowest BCUT2D eigenvalue weighted by atomic mass is 10.1. The molecular formula is C13H12BrN3O. The van der Waals surface area contributed by atoms with Crippen molar-refractivity contribution < 1.29 is 4.74 Å². The Morgan fingerprint density at radius 1 is 1.33 bits per heavy atom. The van der Waals surface area contributed by atoms with Gasteiger partial charge in [0.2, 0.25) is 0 Å². The monoisotopic (exact) mass is 305 g/mol. The van der Waals surface area contributed by atoms with Gasteiger partial charge in [-0.15, -0.1) is 0 Å². The van der Waals surface area contributed by atoms with Gasteiger partial charge in [0.05, 0.1) is 12.2 Å². The number of anilines is 1. The highest BCUT2D eigenvalue weighted by Crippen LogP contribution is 2.36. The Hall–Kier alpha value is -1.62. The minimum atomic E-state index is 0.181. The first-order valence-electron chi connectivity index (χ1n) is 5.69. The highest BCUT2D eigenvalue weighted by atomic mass is 79.9. The smallest absolute Gasteiger partial charge is 0.198 e.